The molecule has 5 nitrogen and oxygen atoms in total. The molecule has 0 bridgehead atoms. The van der Waals surface area contributed by atoms with Crippen molar-refractivity contribution in [1.29, 1.82) is 0 Å². The Labute approximate surface area is 121 Å². The minimum atomic E-state index is -0.137. The van der Waals surface area contributed by atoms with Crippen LogP contribution in [0.25, 0.3) is 11.0 Å². The number of imidazole rings is 1. The number of hydrogen-bond acceptors (Lipinski definition) is 3. The fourth-order valence-electron chi connectivity index (χ4n) is 2.21. The summed E-state index contributed by atoms with van der Waals surface area (Å²) in [4.78, 5) is 19.2. The number of para-hydroxylation sites is 1. The van der Waals surface area contributed by atoms with E-state index < -0.39 is 0 Å². The molecule has 1 amide bonds. The highest BCUT2D eigenvalue weighted by Crippen LogP contribution is 2.15. The number of carbonyl (C=O) groups excluding carboxylic acids is 1. The summed E-state index contributed by atoms with van der Waals surface area (Å²) in [5.41, 5.74) is 3.08. The van der Waals surface area contributed by atoms with Gasteiger partial charge in [-0.2, -0.15) is 0 Å². The first-order chi connectivity index (χ1) is 10.2. The molecule has 21 heavy (non-hydrogen) atoms. The van der Waals surface area contributed by atoms with Crippen LogP contribution in [0.15, 0.2) is 48.8 Å². The largest absolute Gasteiger partial charge is 0.508 e. The summed E-state index contributed by atoms with van der Waals surface area (Å²) in [5.74, 6) is 0.118. The van der Waals surface area contributed by atoms with Crippen LogP contribution >= 0.6 is 0 Å². The molecule has 5 heteroatoms. The second-order valence-electron chi connectivity index (χ2n) is 4.77. The average molecular weight is 281 g/mol. The van der Waals surface area contributed by atoms with Crippen molar-refractivity contribution in [3.63, 3.8) is 0 Å². The molecule has 0 atom stereocenters. The van der Waals surface area contributed by atoms with Crippen LogP contribution in [0.1, 0.15) is 15.9 Å². The molecule has 0 aliphatic heterocycles. The minimum absolute atomic E-state index is 0.137. The molecule has 2 aromatic carbocycles. The summed E-state index contributed by atoms with van der Waals surface area (Å²) in [7, 11) is 0. The van der Waals surface area contributed by atoms with Gasteiger partial charge in [0.25, 0.3) is 5.91 Å². The molecule has 0 aliphatic carbocycles. The third kappa shape index (κ3) is 2.86. The molecule has 3 N–H and O–H groups in total. The molecule has 106 valence electrons. The number of fused-ring (bicyclic) bond motifs is 1. The predicted molar refractivity (Wildman–Crippen MR) is 80.2 cm³/mol. The van der Waals surface area contributed by atoms with Gasteiger partial charge >= 0.3 is 0 Å². The maximum atomic E-state index is 12.1. The topological polar surface area (TPSA) is 78.0 Å². The Morgan fingerprint density at radius 2 is 2.10 bits per heavy atom. The molecular formula is C16H15N3O2. The summed E-state index contributed by atoms with van der Waals surface area (Å²) < 4.78 is 0. The van der Waals surface area contributed by atoms with Crippen LogP contribution in [-0.2, 0) is 6.42 Å². The zero-order valence-corrected chi connectivity index (χ0v) is 11.3. The van der Waals surface area contributed by atoms with Crippen molar-refractivity contribution in [2.75, 3.05) is 6.54 Å². The number of phenolic OH excluding ortho intramolecular Hbond substituents is 1. The molecule has 0 fully saturated rings. The molecular weight excluding hydrogens is 266 g/mol. The average Bonchev–Trinajstić information content (AvgIpc) is 2.96. The van der Waals surface area contributed by atoms with Gasteiger partial charge in [-0.15, -0.1) is 0 Å². The number of aromatic amines is 1. The number of nitrogens with one attached hydrogen (secondary N) is 2. The quantitative estimate of drug-likeness (QED) is 0.686. The van der Waals surface area contributed by atoms with E-state index in [9.17, 15) is 9.90 Å². The van der Waals surface area contributed by atoms with E-state index >= 15 is 0 Å². The van der Waals surface area contributed by atoms with Gasteiger partial charge < -0.3 is 15.4 Å². The van der Waals surface area contributed by atoms with E-state index in [0.717, 1.165) is 16.6 Å². The van der Waals surface area contributed by atoms with Crippen molar-refractivity contribution >= 4 is 16.9 Å². The summed E-state index contributed by atoms with van der Waals surface area (Å²) in [6.45, 7) is 0.470. The van der Waals surface area contributed by atoms with E-state index in [1.807, 2.05) is 18.2 Å². The first kappa shape index (κ1) is 13.2. The minimum Gasteiger partial charge on any atom is -0.508 e. The number of carbonyl (C=O) groups is 1. The maximum Gasteiger partial charge on any atom is 0.251 e. The Bertz CT molecular complexity index is 780. The van der Waals surface area contributed by atoms with Gasteiger partial charge in [0.15, 0.2) is 0 Å². The van der Waals surface area contributed by atoms with Crippen molar-refractivity contribution in [3.05, 3.63) is 59.9 Å². The third-order valence-corrected chi connectivity index (χ3v) is 3.35. The lowest BCUT2D eigenvalue weighted by molar-refractivity contribution is 0.0954. The van der Waals surface area contributed by atoms with Gasteiger partial charge in [-0.25, -0.2) is 4.98 Å². The smallest absolute Gasteiger partial charge is 0.251 e. The van der Waals surface area contributed by atoms with Crippen LogP contribution in [0.4, 0.5) is 0 Å². The number of amides is 1. The molecule has 0 saturated heterocycles. The van der Waals surface area contributed by atoms with E-state index in [-0.39, 0.29) is 11.7 Å². The molecule has 0 radical (unpaired) electrons. The van der Waals surface area contributed by atoms with Crippen LogP contribution < -0.4 is 5.32 Å². The van der Waals surface area contributed by atoms with Crippen LogP contribution in [0.5, 0.6) is 5.75 Å². The van der Waals surface area contributed by atoms with E-state index in [1.54, 1.807) is 30.6 Å². The second kappa shape index (κ2) is 5.66. The summed E-state index contributed by atoms with van der Waals surface area (Å²) >= 11 is 0. The molecule has 0 spiro atoms. The Kier molecular flexibility index (Phi) is 3.55. The van der Waals surface area contributed by atoms with Gasteiger partial charge in [-0.3, -0.25) is 4.79 Å². The van der Waals surface area contributed by atoms with Gasteiger partial charge in [-0.05, 0) is 36.2 Å². The molecule has 0 saturated carbocycles. The van der Waals surface area contributed by atoms with E-state index in [1.165, 1.54) is 0 Å². The van der Waals surface area contributed by atoms with Gasteiger partial charge in [0.05, 0.1) is 17.4 Å². The molecule has 0 aliphatic rings. The van der Waals surface area contributed by atoms with Gasteiger partial charge in [-0.1, -0.05) is 18.2 Å². The molecule has 3 rings (SSSR count). The predicted octanol–water partition coefficient (Wildman–Crippen LogP) is 2.24. The number of hydrogen-bond donors (Lipinski definition) is 3. The highest BCUT2D eigenvalue weighted by Gasteiger charge is 2.07. The summed E-state index contributed by atoms with van der Waals surface area (Å²) in [6.07, 6.45) is 2.19. The third-order valence-electron chi connectivity index (χ3n) is 3.35. The number of phenols is 1. The van der Waals surface area contributed by atoms with E-state index in [0.29, 0.717) is 18.5 Å². The van der Waals surface area contributed by atoms with Crippen LogP contribution in [0.2, 0.25) is 0 Å². The number of aromatic nitrogens is 2. The maximum absolute atomic E-state index is 12.1. The van der Waals surface area contributed by atoms with Crippen LogP contribution in [-0.4, -0.2) is 27.5 Å². The lowest BCUT2D eigenvalue weighted by atomic mass is 10.1. The Hall–Kier alpha value is -2.82. The lowest BCUT2D eigenvalue weighted by Gasteiger charge is -2.07. The second-order valence-corrected chi connectivity index (χ2v) is 4.77. The highest BCUT2D eigenvalue weighted by atomic mass is 16.3. The van der Waals surface area contributed by atoms with Gasteiger partial charge in [0.2, 0.25) is 0 Å². The molecule has 1 aromatic heterocycles. The number of aromatic hydroxyl groups is 1. The SMILES string of the molecule is O=C(NCCc1ccccc1O)c1ccc2nc[nH]c2c1. The van der Waals surface area contributed by atoms with Gasteiger partial charge in [0, 0.05) is 12.1 Å². The van der Waals surface area contributed by atoms with Crippen molar-refractivity contribution in [3.8, 4) is 5.75 Å². The van der Waals surface area contributed by atoms with Crippen molar-refractivity contribution in [2.24, 2.45) is 0 Å². The Morgan fingerprint density at radius 1 is 1.24 bits per heavy atom. The standard InChI is InChI=1S/C16H15N3O2/c20-15-4-2-1-3-11(15)7-8-17-16(21)12-5-6-13-14(9-12)19-10-18-13/h1-6,9-10,20H,7-8H2,(H,17,21)(H,18,19). The zero-order valence-electron chi connectivity index (χ0n) is 11.3. The summed E-state index contributed by atoms with van der Waals surface area (Å²) in [5, 5.41) is 12.5. The van der Waals surface area contributed by atoms with Crippen molar-refractivity contribution < 1.29 is 9.90 Å². The first-order valence-electron chi connectivity index (χ1n) is 6.72. The zero-order chi connectivity index (χ0) is 14.7. The van der Waals surface area contributed by atoms with Crippen molar-refractivity contribution in [1.82, 2.24) is 15.3 Å². The number of rotatable bonds is 4. The van der Waals surface area contributed by atoms with E-state index in [2.05, 4.69) is 15.3 Å². The van der Waals surface area contributed by atoms with Crippen molar-refractivity contribution in [2.45, 2.75) is 6.42 Å². The highest BCUT2D eigenvalue weighted by molar-refractivity contribution is 5.97. The monoisotopic (exact) mass is 281 g/mol. The number of benzene rings is 2. The van der Waals surface area contributed by atoms with Gasteiger partial charge in [0.1, 0.15) is 5.75 Å². The van der Waals surface area contributed by atoms with Crippen LogP contribution in [0.3, 0.4) is 0 Å². The molecule has 1 heterocycles. The molecule has 3 aromatic rings. The molecule has 0 unspecified atom stereocenters. The Balaban J connectivity index is 1.62. The fourth-order valence-corrected chi connectivity index (χ4v) is 2.21. The number of nitrogens with zero attached hydrogens (tertiary/aromatic N) is 1. The first-order valence-corrected chi connectivity index (χ1v) is 6.72. The lowest BCUT2D eigenvalue weighted by Crippen LogP contribution is -2.25. The van der Waals surface area contributed by atoms with E-state index in [4.69, 9.17) is 0 Å². The normalized spacial score (nSPS) is 10.7. The van der Waals surface area contributed by atoms with Crippen LogP contribution in [0, 0.1) is 0 Å². The number of H-pyrrole nitrogens is 1. The fraction of sp³-hybridized carbons (Fsp3) is 0.125. The summed E-state index contributed by atoms with van der Waals surface area (Å²) in [6, 6.07) is 12.5. The Morgan fingerprint density at radius 3 is 2.95 bits per heavy atom.